The average molecular weight is 402 g/mol. The highest BCUT2D eigenvalue weighted by molar-refractivity contribution is 6.06. The Hall–Kier alpha value is -3.41. The normalized spacial score (nSPS) is 11.3. The molecule has 0 fully saturated rings. The summed E-state index contributed by atoms with van der Waals surface area (Å²) < 4.78 is 2.09. The van der Waals surface area contributed by atoms with Crippen LogP contribution in [0.4, 0.5) is 11.4 Å². The van der Waals surface area contributed by atoms with Gasteiger partial charge >= 0.3 is 0 Å². The van der Waals surface area contributed by atoms with E-state index in [9.17, 15) is 9.59 Å². The highest BCUT2D eigenvalue weighted by atomic mass is 16.2. The first kappa shape index (κ1) is 19.9. The molecule has 1 aliphatic heterocycles. The largest absolute Gasteiger partial charge is 0.372 e. The van der Waals surface area contributed by atoms with Crippen molar-refractivity contribution in [3.05, 3.63) is 52.7 Å². The van der Waals surface area contributed by atoms with Crippen molar-refractivity contribution in [1.82, 2.24) is 9.55 Å². The smallest absolute Gasteiger partial charge is 0.221 e. The zero-order valence-electron chi connectivity index (χ0n) is 17.8. The third kappa shape index (κ3) is 3.09. The molecule has 0 bridgehead atoms. The topological polar surface area (TPSA) is 67.2 Å². The molecule has 1 N–H and O–H groups in total. The minimum Gasteiger partial charge on any atom is -0.372 e. The number of nitrogens with one attached hydrogen (secondary N) is 1. The number of amides is 1. The number of carbonyl (C=O) groups excluding carboxylic acids is 1. The zero-order valence-corrected chi connectivity index (χ0v) is 17.8. The van der Waals surface area contributed by atoms with Crippen LogP contribution in [0.15, 0.2) is 47.3 Å². The summed E-state index contributed by atoms with van der Waals surface area (Å²) >= 11 is 0. The third-order valence-corrected chi connectivity index (χ3v) is 5.61. The SMILES string of the molecule is CCN(CC)c1ccc2nc3c4ccccc4c(=O)c(NC(C)=O)c-3n(CC)c2c1. The van der Waals surface area contributed by atoms with Crippen LogP contribution in [-0.2, 0) is 11.3 Å². The Morgan fingerprint density at radius 1 is 1.07 bits per heavy atom. The van der Waals surface area contributed by atoms with Crippen LogP contribution in [-0.4, -0.2) is 28.5 Å². The Kier molecular flexibility index (Phi) is 5.16. The average Bonchev–Trinajstić information content (AvgIpc) is 2.76. The molecule has 6 heteroatoms. The van der Waals surface area contributed by atoms with Gasteiger partial charge in [0.05, 0.1) is 22.4 Å². The fourth-order valence-electron chi connectivity index (χ4n) is 4.22. The number of anilines is 2. The first-order valence-corrected chi connectivity index (χ1v) is 10.4. The van der Waals surface area contributed by atoms with Crippen molar-refractivity contribution in [2.24, 2.45) is 0 Å². The van der Waals surface area contributed by atoms with E-state index in [2.05, 4.69) is 40.8 Å². The van der Waals surface area contributed by atoms with Gasteiger partial charge in [-0.05, 0) is 39.0 Å². The van der Waals surface area contributed by atoms with Crippen molar-refractivity contribution in [3.63, 3.8) is 0 Å². The summed E-state index contributed by atoms with van der Waals surface area (Å²) in [6.45, 7) is 10.2. The summed E-state index contributed by atoms with van der Waals surface area (Å²) in [5, 5.41) is 4.14. The Bertz CT molecular complexity index is 1290. The first-order valence-electron chi connectivity index (χ1n) is 10.4. The van der Waals surface area contributed by atoms with E-state index in [0.717, 1.165) is 40.9 Å². The molecule has 0 spiro atoms. The number of fused-ring (bicyclic) bond motifs is 4. The van der Waals surface area contributed by atoms with Crippen molar-refractivity contribution in [2.75, 3.05) is 23.3 Å². The Labute approximate surface area is 175 Å². The lowest BCUT2D eigenvalue weighted by Crippen LogP contribution is -2.23. The van der Waals surface area contributed by atoms with E-state index < -0.39 is 0 Å². The fourth-order valence-corrected chi connectivity index (χ4v) is 4.22. The number of aryl methyl sites for hydroxylation is 1. The predicted molar refractivity (Wildman–Crippen MR) is 124 cm³/mol. The zero-order chi connectivity index (χ0) is 21.4. The lowest BCUT2D eigenvalue weighted by atomic mass is 10.0. The second-order valence-electron chi connectivity index (χ2n) is 7.33. The van der Waals surface area contributed by atoms with Crippen molar-refractivity contribution < 1.29 is 4.79 Å². The second kappa shape index (κ2) is 7.78. The molecule has 0 saturated heterocycles. The van der Waals surface area contributed by atoms with Crippen LogP contribution in [0.5, 0.6) is 0 Å². The van der Waals surface area contributed by atoms with Gasteiger partial charge in [0.2, 0.25) is 11.3 Å². The number of rotatable bonds is 5. The molecule has 0 saturated carbocycles. The number of hydrogen-bond donors (Lipinski definition) is 1. The van der Waals surface area contributed by atoms with Gasteiger partial charge in [0.1, 0.15) is 5.69 Å². The summed E-state index contributed by atoms with van der Waals surface area (Å²) in [7, 11) is 0. The molecule has 0 aromatic heterocycles. The molecule has 4 rings (SSSR count). The molecular weight excluding hydrogens is 376 g/mol. The first-order chi connectivity index (χ1) is 14.5. The number of carbonyl (C=O) groups is 1. The van der Waals surface area contributed by atoms with Crippen LogP contribution < -0.4 is 15.6 Å². The van der Waals surface area contributed by atoms with E-state index in [1.807, 2.05) is 31.2 Å². The lowest BCUT2D eigenvalue weighted by Gasteiger charge is -2.25. The third-order valence-electron chi connectivity index (χ3n) is 5.61. The van der Waals surface area contributed by atoms with Gasteiger partial charge in [0.15, 0.2) is 0 Å². The molecule has 30 heavy (non-hydrogen) atoms. The van der Waals surface area contributed by atoms with Crippen molar-refractivity contribution >= 4 is 39.1 Å². The summed E-state index contributed by atoms with van der Waals surface area (Å²) in [6.07, 6.45) is 0. The van der Waals surface area contributed by atoms with Crippen LogP contribution in [0.25, 0.3) is 33.2 Å². The maximum Gasteiger partial charge on any atom is 0.221 e. The van der Waals surface area contributed by atoms with Gasteiger partial charge in [0, 0.05) is 43.0 Å². The molecule has 154 valence electrons. The van der Waals surface area contributed by atoms with E-state index in [4.69, 9.17) is 4.98 Å². The van der Waals surface area contributed by atoms with Crippen LogP contribution in [0.3, 0.4) is 0 Å². The van der Waals surface area contributed by atoms with Crippen molar-refractivity contribution in [3.8, 4) is 11.4 Å². The second-order valence-corrected chi connectivity index (χ2v) is 7.33. The van der Waals surface area contributed by atoms with E-state index >= 15 is 0 Å². The minimum absolute atomic E-state index is 0.184. The maximum absolute atomic E-state index is 13.3. The quantitative estimate of drug-likeness (QED) is 0.395. The summed E-state index contributed by atoms with van der Waals surface area (Å²) in [4.78, 5) is 32.5. The molecule has 0 unspecified atom stereocenters. The van der Waals surface area contributed by atoms with Gasteiger partial charge in [-0.1, -0.05) is 24.3 Å². The van der Waals surface area contributed by atoms with Gasteiger partial charge in [-0.15, -0.1) is 0 Å². The fraction of sp³-hybridized carbons (Fsp3) is 0.292. The van der Waals surface area contributed by atoms with Gasteiger partial charge in [0.25, 0.3) is 0 Å². The Balaban J connectivity index is 2.19. The standard InChI is InChI=1S/C24H26N4O2/c1-5-27(6-2)16-12-13-19-20(14-16)28(7-3)23-21(26-19)17-10-8-9-11-18(17)24(30)22(23)25-15(4)29/h8-14H,5-7H2,1-4H3,(H,25,29). The molecule has 0 atom stereocenters. The van der Waals surface area contributed by atoms with E-state index in [1.165, 1.54) is 6.92 Å². The van der Waals surface area contributed by atoms with Crippen molar-refractivity contribution in [2.45, 2.75) is 34.2 Å². The molecular formula is C24H26N4O2. The number of aromatic nitrogens is 2. The van der Waals surface area contributed by atoms with E-state index in [-0.39, 0.29) is 11.3 Å². The molecule has 2 aliphatic rings. The predicted octanol–water partition coefficient (Wildman–Crippen LogP) is 4.48. The van der Waals surface area contributed by atoms with Gasteiger partial charge in [-0.25, -0.2) is 4.98 Å². The molecule has 0 radical (unpaired) electrons. The number of benzene rings is 3. The molecule has 1 aliphatic carbocycles. The van der Waals surface area contributed by atoms with Gasteiger partial charge in [-0.3, -0.25) is 9.59 Å². The van der Waals surface area contributed by atoms with Crippen LogP contribution in [0.2, 0.25) is 0 Å². The maximum atomic E-state index is 13.3. The van der Waals surface area contributed by atoms with Crippen LogP contribution in [0.1, 0.15) is 27.7 Å². The Morgan fingerprint density at radius 2 is 1.77 bits per heavy atom. The van der Waals surface area contributed by atoms with Gasteiger partial charge in [-0.2, -0.15) is 0 Å². The van der Waals surface area contributed by atoms with Crippen LogP contribution >= 0.6 is 0 Å². The Morgan fingerprint density at radius 3 is 2.40 bits per heavy atom. The highest BCUT2D eigenvalue weighted by Gasteiger charge is 2.24. The molecule has 2 aromatic carbocycles. The molecule has 1 amide bonds. The molecule has 1 heterocycles. The number of nitrogens with zero attached hydrogens (tertiary/aromatic N) is 3. The van der Waals surface area contributed by atoms with Crippen LogP contribution in [0, 0.1) is 0 Å². The molecule has 6 nitrogen and oxygen atoms in total. The lowest BCUT2D eigenvalue weighted by molar-refractivity contribution is -0.114. The summed E-state index contributed by atoms with van der Waals surface area (Å²) in [6, 6.07) is 13.7. The van der Waals surface area contributed by atoms with E-state index in [0.29, 0.717) is 23.3 Å². The molecule has 2 aromatic rings. The summed E-state index contributed by atoms with van der Waals surface area (Å²) in [5.74, 6) is -0.275. The highest BCUT2D eigenvalue weighted by Crippen LogP contribution is 2.36. The minimum atomic E-state index is -0.275. The van der Waals surface area contributed by atoms with Gasteiger partial charge < -0.3 is 14.8 Å². The number of hydrogen-bond acceptors (Lipinski definition) is 4. The van der Waals surface area contributed by atoms with Crippen molar-refractivity contribution in [1.29, 1.82) is 0 Å². The summed E-state index contributed by atoms with van der Waals surface area (Å²) in [5.41, 5.74) is 4.41. The van der Waals surface area contributed by atoms with E-state index in [1.54, 1.807) is 6.07 Å². The monoisotopic (exact) mass is 402 g/mol.